The lowest BCUT2D eigenvalue weighted by Gasteiger charge is -2.07. The molecule has 0 bridgehead atoms. The van der Waals surface area contributed by atoms with Crippen LogP contribution >= 0.6 is 23.2 Å². The Hall–Kier alpha value is -2.58. The summed E-state index contributed by atoms with van der Waals surface area (Å²) < 4.78 is 42.6. The predicted octanol–water partition coefficient (Wildman–Crippen LogP) is 4.60. The summed E-state index contributed by atoms with van der Waals surface area (Å²) in [6.45, 7) is -0.633. The largest absolute Gasteiger partial charge is 0.452 e. The van der Waals surface area contributed by atoms with E-state index in [2.05, 4.69) is 10.3 Å². The van der Waals surface area contributed by atoms with E-state index < -0.39 is 30.2 Å². The van der Waals surface area contributed by atoms with Gasteiger partial charge in [-0.3, -0.25) is 4.79 Å². The molecule has 0 saturated carbocycles. The minimum atomic E-state index is -4.49. The Labute approximate surface area is 161 Å². The number of nitrogens with one attached hydrogen (secondary N) is 1. The lowest BCUT2D eigenvalue weighted by Crippen LogP contribution is -2.20. The van der Waals surface area contributed by atoms with Crippen molar-refractivity contribution in [3.8, 4) is 0 Å². The standard InChI is InChI=1S/C17H11Cl2F3N2O3/c18-12-7-13(19)16(23-8-12)24-14(25)9-27-15(26)5-4-10-2-1-3-11(6-10)17(20,21)22/h1-8H,9H2,(H,23,24,25). The van der Waals surface area contributed by atoms with E-state index in [0.29, 0.717) is 0 Å². The Bertz CT molecular complexity index is 886. The number of benzene rings is 1. The van der Waals surface area contributed by atoms with E-state index in [1.54, 1.807) is 0 Å². The van der Waals surface area contributed by atoms with E-state index in [4.69, 9.17) is 27.9 Å². The summed E-state index contributed by atoms with van der Waals surface area (Å²) in [5.74, 6) is -1.56. The van der Waals surface area contributed by atoms with Crippen molar-refractivity contribution in [3.63, 3.8) is 0 Å². The van der Waals surface area contributed by atoms with Crippen molar-refractivity contribution in [1.29, 1.82) is 0 Å². The van der Waals surface area contributed by atoms with Crippen LogP contribution in [-0.2, 0) is 20.5 Å². The van der Waals surface area contributed by atoms with Crippen molar-refractivity contribution in [2.75, 3.05) is 11.9 Å². The Morgan fingerprint density at radius 3 is 2.63 bits per heavy atom. The zero-order valence-electron chi connectivity index (χ0n) is 13.4. The van der Waals surface area contributed by atoms with Gasteiger partial charge in [0.2, 0.25) is 0 Å². The minimum absolute atomic E-state index is 0.0432. The number of alkyl halides is 3. The second-order valence-corrected chi connectivity index (χ2v) is 5.94. The molecule has 1 N–H and O–H groups in total. The van der Waals surface area contributed by atoms with Crippen LogP contribution in [0, 0.1) is 0 Å². The summed E-state index contributed by atoms with van der Waals surface area (Å²) in [7, 11) is 0. The van der Waals surface area contributed by atoms with Crippen molar-refractivity contribution < 1.29 is 27.5 Å². The lowest BCUT2D eigenvalue weighted by atomic mass is 10.1. The fourth-order valence-corrected chi connectivity index (χ4v) is 2.27. The second-order valence-electron chi connectivity index (χ2n) is 5.10. The maximum Gasteiger partial charge on any atom is 0.416 e. The fourth-order valence-electron chi connectivity index (χ4n) is 1.84. The molecule has 0 spiro atoms. The third kappa shape index (κ3) is 6.58. The van der Waals surface area contributed by atoms with Gasteiger partial charge in [-0.2, -0.15) is 13.2 Å². The molecular weight excluding hydrogens is 408 g/mol. The summed E-state index contributed by atoms with van der Waals surface area (Å²) in [5.41, 5.74) is -0.687. The van der Waals surface area contributed by atoms with Gasteiger partial charge in [-0.15, -0.1) is 0 Å². The number of carbonyl (C=O) groups excluding carboxylic acids is 2. The Morgan fingerprint density at radius 1 is 1.22 bits per heavy atom. The van der Waals surface area contributed by atoms with Crippen molar-refractivity contribution in [2.24, 2.45) is 0 Å². The molecule has 0 saturated heterocycles. The van der Waals surface area contributed by atoms with Crippen LogP contribution < -0.4 is 5.32 Å². The topological polar surface area (TPSA) is 68.3 Å². The first-order chi connectivity index (χ1) is 12.6. The summed E-state index contributed by atoms with van der Waals surface area (Å²) in [4.78, 5) is 27.1. The van der Waals surface area contributed by atoms with Crippen LogP contribution in [0.3, 0.4) is 0 Å². The van der Waals surface area contributed by atoms with Gasteiger partial charge in [0.15, 0.2) is 12.4 Å². The number of aromatic nitrogens is 1. The van der Waals surface area contributed by atoms with Gasteiger partial charge in [0.1, 0.15) is 0 Å². The summed E-state index contributed by atoms with van der Waals surface area (Å²) >= 11 is 11.5. The number of rotatable bonds is 5. The number of hydrogen-bond donors (Lipinski definition) is 1. The van der Waals surface area contributed by atoms with Crippen LogP contribution in [0.5, 0.6) is 0 Å². The zero-order valence-corrected chi connectivity index (χ0v) is 14.9. The van der Waals surface area contributed by atoms with Crippen molar-refractivity contribution in [2.45, 2.75) is 6.18 Å². The van der Waals surface area contributed by atoms with Crippen LogP contribution in [0.25, 0.3) is 6.08 Å². The highest BCUT2D eigenvalue weighted by atomic mass is 35.5. The van der Waals surface area contributed by atoms with Crippen LogP contribution in [-0.4, -0.2) is 23.5 Å². The number of carbonyl (C=O) groups is 2. The van der Waals surface area contributed by atoms with Gasteiger partial charge < -0.3 is 10.1 Å². The molecule has 0 fully saturated rings. The average Bonchev–Trinajstić information content (AvgIpc) is 2.60. The molecule has 5 nitrogen and oxygen atoms in total. The van der Waals surface area contributed by atoms with E-state index in [1.807, 2.05) is 0 Å². The molecule has 2 rings (SSSR count). The number of nitrogens with zero attached hydrogens (tertiary/aromatic N) is 1. The monoisotopic (exact) mass is 418 g/mol. The summed E-state index contributed by atoms with van der Waals surface area (Å²) in [6.07, 6.45) is -1.16. The van der Waals surface area contributed by atoms with Crippen LogP contribution in [0.2, 0.25) is 10.0 Å². The molecule has 1 aromatic carbocycles. The number of pyridine rings is 1. The third-order valence-corrected chi connectivity index (χ3v) is 3.53. The van der Waals surface area contributed by atoms with Crippen LogP contribution in [0.15, 0.2) is 42.6 Å². The number of hydrogen-bond acceptors (Lipinski definition) is 4. The normalized spacial score (nSPS) is 11.4. The van der Waals surface area contributed by atoms with Gasteiger partial charge in [-0.05, 0) is 29.8 Å². The summed E-state index contributed by atoms with van der Waals surface area (Å²) in [6, 6.07) is 5.76. The van der Waals surface area contributed by atoms with E-state index in [9.17, 15) is 22.8 Å². The first-order valence-electron chi connectivity index (χ1n) is 7.28. The number of amides is 1. The number of esters is 1. The van der Waals surface area contributed by atoms with Crippen molar-refractivity contribution in [1.82, 2.24) is 4.98 Å². The molecule has 1 amide bonds. The fraction of sp³-hybridized carbons (Fsp3) is 0.118. The molecule has 0 radical (unpaired) electrons. The molecule has 1 aromatic heterocycles. The molecule has 0 unspecified atom stereocenters. The minimum Gasteiger partial charge on any atom is -0.452 e. The maximum absolute atomic E-state index is 12.6. The van der Waals surface area contributed by atoms with Gasteiger partial charge in [-0.1, -0.05) is 35.3 Å². The van der Waals surface area contributed by atoms with Gasteiger partial charge in [0, 0.05) is 12.3 Å². The van der Waals surface area contributed by atoms with E-state index in [1.165, 1.54) is 24.4 Å². The van der Waals surface area contributed by atoms with Crippen molar-refractivity contribution in [3.05, 3.63) is 63.8 Å². The molecule has 27 heavy (non-hydrogen) atoms. The first kappa shape index (κ1) is 20.7. The average molecular weight is 419 g/mol. The Kier molecular flexibility index (Phi) is 6.81. The molecule has 2 aromatic rings. The third-order valence-electron chi connectivity index (χ3n) is 3.04. The smallest absolute Gasteiger partial charge is 0.416 e. The molecule has 142 valence electrons. The highest BCUT2D eigenvalue weighted by Gasteiger charge is 2.30. The molecule has 0 atom stereocenters. The van der Waals surface area contributed by atoms with Gasteiger partial charge >= 0.3 is 12.1 Å². The number of halogens is 5. The first-order valence-corrected chi connectivity index (χ1v) is 8.04. The van der Waals surface area contributed by atoms with Gasteiger partial charge in [0.25, 0.3) is 5.91 Å². The molecule has 10 heteroatoms. The van der Waals surface area contributed by atoms with Crippen LogP contribution in [0.1, 0.15) is 11.1 Å². The van der Waals surface area contributed by atoms with E-state index >= 15 is 0 Å². The van der Waals surface area contributed by atoms with Crippen molar-refractivity contribution >= 4 is 47.0 Å². The van der Waals surface area contributed by atoms with E-state index in [0.717, 1.165) is 24.3 Å². The lowest BCUT2D eigenvalue weighted by molar-refractivity contribution is -0.142. The number of anilines is 1. The molecule has 0 aliphatic carbocycles. The second kappa shape index (κ2) is 8.88. The molecule has 0 aliphatic rings. The summed E-state index contributed by atoms with van der Waals surface area (Å²) in [5, 5.41) is 2.71. The van der Waals surface area contributed by atoms with Gasteiger partial charge in [-0.25, -0.2) is 9.78 Å². The van der Waals surface area contributed by atoms with E-state index in [-0.39, 0.29) is 21.4 Å². The predicted molar refractivity (Wildman–Crippen MR) is 94.3 cm³/mol. The maximum atomic E-state index is 12.6. The molecule has 1 heterocycles. The quantitative estimate of drug-likeness (QED) is 0.568. The Balaban J connectivity index is 1.88. The van der Waals surface area contributed by atoms with Gasteiger partial charge in [0.05, 0.1) is 15.6 Å². The number of ether oxygens (including phenoxy) is 1. The SMILES string of the molecule is O=C(COC(=O)C=Cc1cccc(C(F)(F)F)c1)Nc1ncc(Cl)cc1Cl. The highest BCUT2D eigenvalue weighted by Crippen LogP contribution is 2.29. The highest BCUT2D eigenvalue weighted by molar-refractivity contribution is 6.36. The Morgan fingerprint density at radius 2 is 1.96 bits per heavy atom. The molecular formula is C17H11Cl2F3N2O3. The zero-order chi connectivity index (χ0) is 20.0. The van der Waals surface area contributed by atoms with Crippen LogP contribution in [0.4, 0.5) is 19.0 Å². The molecule has 0 aliphatic heterocycles.